The van der Waals surface area contributed by atoms with Crippen LogP contribution in [0.2, 0.25) is 0 Å². The second kappa shape index (κ2) is 10.6. The molecule has 0 radical (unpaired) electrons. The third kappa shape index (κ3) is 4.75. The number of carbonyl (C=O) groups is 3. The Kier molecular flexibility index (Phi) is 6.66. The number of aromatic carboxylic acids is 1. The van der Waals surface area contributed by atoms with Crippen LogP contribution < -0.4 is 5.32 Å². The lowest BCUT2D eigenvalue weighted by atomic mass is 9.98. The topological polar surface area (TPSA) is 105 Å². The van der Waals surface area contributed by atoms with Crippen molar-refractivity contribution >= 4 is 23.8 Å². The van der Waals surface area contributed by atoms with Gasteiger partial charge in [-0.25, -0.2) is 14.4 Å². The number of nitrogens with zero attached hydrogens (tertiary/aromatic N) is 1. The Balaban J connectivity index is 1.15. The summed E-state index contributed by atoms with van der Waals surface area (Å²) in [4.78, 5) is 39.0. The Morgan fingerprint density at radius 2 is 1.40 bits per heavy atom. The molecule has 0 fully saturated rings. The number of hydrogen-bond acceptors (Lipinski definition) is 5. The molecule has 2 amide bonds. The van der Waals surface area contributed by atoms with Crippen LogP contribution in [0.1, 0.15) is 44.1 Å². The van der Waals surface area contributed by atoms with Gasteiger partial charge in [-0.2, -0.15) is 0 Å². The van der Waals surface area contributed by atoms with Gasteiger partial charge in [0.1, 0.15) is 13.2 Å². The van der Waals surface area contributed by atoms with E-state index in [9.17, 15) is 19.5 Å². The first-order valence-electron chi connectivity index (χ1n) is 12.9. The summed E-state index contributed by atoms with van der Waals surface area (Å²) in [6.07, 6.45) is -1.22. The van der Waals surface area contributed by atoms with E-state index in [4.69, 9.17) is 9.47 Å². The van der Waals surface area contributed by atoms with Crippen molar-refractivity contribution < 1.29 is 29.0 Å². The molecule has 2 N–H and O–H groups in total. The largest absolute Gasteiger partial charge is 0.478 e. The summed E-state index contributed by atoms with van der Waals surface area (Å²) in [5, 5.41) is 12.5. The lowest BCUT2D eigenvalue weighted by molar-refractivity contribution is 0.0693. The Morgan fingerprint density at radius 1 is 0.775 bits per heavy atom. The number of benzene rings is 4. The molecule has 0 unspecified atom stereocenters. The van der Waals surface area contributed by atoms with E-state index >= 15 is 0 Å². The van der Waals surface area contributed by atoms with E-state index in [0.717, 1.165) is 27.8 Å². The van der Waals surface area contributed by atoms with Gasteiger partial charge in [0.25, 0.3) is 0 Å². The number of fused-ring (bicyclic) bond motifs is 4. The number of carbonyl (C=O) groups excluding carboxylic acids is 2. The van der Waals surface area contributed by atoms with E-state index in [2.05, 4.69) is 17.4 Å². The summed E-state index contributed by atoms with van der Waals surface area (Å²) in [6, 6.07) is 28.4. The molecule has 6 rings (SSSR count). The number of anilines is 1. The minimum absolute atomic E-state index is 0.0603. The van der Waals surface area contributed by atoms with Crippen molar-refractivity contribution in [1.29, 1.82) is 0 Å². The van der Waals surface area contributed by atoms with Gasteiger partial charge in [0, 0.05) is 17.2 Å². The average Bonchev–Trinajstić information content (AvgIpc) is 3.56. The smallest absolute Gasteiger partial charge is 0.411 e. The van der Waals surface area contributed by atoms with E-state index in [1.54, 1.807) is 0 Å². The number of carboxylic acids is 1. The van der Waals surface area contributed by atoms with E-state index in [-0.39, 0.29) is 37.8 Å². The van der Waals surface area contributed by atoms with E-state index in [1.165, 1.54) is 17.0 Å². The molecule has 8 heteroatoms. The maximum Gasteiger partial charge on any atom is 0.411 e. The van der Waals surface area contributed by atoms with Crippen LogP contribution >= 0.6 is 0 Å². The number of carboxylic acid groups (broad SMARTS) is 1. The third-order valence-electron chi connectivity index (χ3n) is 7.40. The standard InChI is InChI=1S/C32H26N2O6/c35-30(36)25-14-15-29(27-17-34(16-26(25)27)32(38)40-18-20-8-2-1-3-9-20)33-31(37)39-19-28-23-12-6-4-10-21(23)22-11-5-7-13-24(22)28/h1-15,28H,16-19H2,(H,33,37)(H,35,36). The predicted molar refractivity (Wildman–Crippen MR) is 148 cm³/mol. The number of amides is 2. The van der Waals surface area contributed by atoms with Crippen molar-refractivity contribution in [3.05, 3.63) is 124 Å². The van der Waals surface area contributed by atoms with Gasteiger partial charge >= 0.3 is 18.2 Å². The van der Waals surface area contributed by atoms with Gasteiger partial charge in [0.15, 0.2) is 0 Å². The normalized spacial score (nSPS) is 13.2. The molecule has 0 saturated heterocycles. The molecule has 8 nitrogen and oxygen atoms in total. The van der Waals surface area contributed by atoms with Crippen molar-refractivity contribution in [3.8, 4) is 11.1 Å². The molecule has 0 aromatic heterocycles. The Bertz CT molecular complexity index is 1570. The van der Waals surface area contributed by atoms with Gasteiger partial charge < -0.3 is 14.6 Å². The van der Waals surface area contributed by atoms with Gasteiger partial charge in [-0.1, -0.05) is 78.9 Å². The molecule has 40 heavy (non-hydrogen) atoms. The maximum atomic E-state index is 12.9. The van der Waals surface area contributed by atoms with Crippen molar-refractivity contribution in [2.45, 2.75) is 25.6 Å². The Hall–Kier alpha value is -5.11. The molecule has 0 saturated carbocycles. The summed E-state index contributed by atoms with van der Waals surface area (Å²) in [5.74, 6) is -1.20. The molecular weight excluding hydrogens is 508 g/mol. The fraction of sp³-hybridized carbons (Fsp3) is 0.156. The number of ether oxygens (including phenoxy) is 2. The number of hydrogen-bond donors (Lipinski definition) is 2. The molecule has 1 aliphatic heterocycles. The van der Waals surface area contributed by atoms with Crippen LogP contribution in [0, 0.1) is 0 Å². The zero-order valence-electron chi connectivity index (χ0n) is 21.5. The van der Waals surface area contributed by atoms with Crippen molar-refractivity contribution in [2.75, 3.05) is 11.9 Å². The first-order chi connectivity index (χ1) is 19.5. The van der Waals surface area contributed by atoms with Gasteiger partial charge in [0.2, 0.25) is 0 Å². The van der Waals surface area contributed by atoms with Crippen molar-refractivity contribution in [3.63, 3.8) is 0 Å². The minimum atomic E-state index is -1.11. The number of rotatable bonds is 6. The van der Waals surface area contributed by atoms with Crippen molar-refractivity contribution in [1.82, 2.24) is 4.90 Å². The van der Waals surface area contributed by atoms with Crippen LogP contribution in [-0.2, 0) is 29.2 Å². The van der Waals surface area contributed by atoms with Crippen LogP contribution in [0.15, 0.2) is 91.0 Å². The SMILES string of the molecule is O=C(Nc1ccc(C(=O)O)c2c1CN(C(=O)OCc1ccccc1)C2)OCC1c2ccccc2-c2ccccc21. The van der Waals surface area contributed by atoms with E-state index in [1.807, 2.05) is 66.7 Å². The highest BCUT2D eigenvalue weighted by Crippen LogP contribution is 2.44. The summed E-state index contributed by atoms with van der Waals surface area (Å²) < 4.78 is 11.1. The highest BCUT2D eigenvalue weighted by Gasteiger charge is 2.32. The van der Waals surface area contributed by atoms with Gasteiger partial charge in [-0.3, -0.25) is 10.2 Å². The molecule has 4 aromatic carbocycles. The molecule has 2 aliphatic rings. The van der Waals surface area contributed by atoms with Crippen LogP contribution in [0.5, 0.6) is 0 Å². The van der Waals surface area contributed by atoms with Crippen molar-refractivity contribution in [2.24, 2.45) is 0 Å². The predicted octanol–water partition coefficient (Wildman–Crippen LogP) is 6.40. The average molecular weight is 535 g/mol. The molecule has 200 valence electrons. The fourth-order valence-electron chi connectivity index (χ4n) is 5.49. The summed E-state index contributed by atoms with van der Waals surface area (Å²) in [6.45, 7) is 0.407. The summed E-state index contributed by atoms with van der Waals surface area (Å²) in [5.41, 5.74) is 6.80. The molecule has 0 atom stereocenters. The molecular formula is C32H26N2O6. The molecule has 1 aliphatic carbocycles. The van der Waals surface area contributed by atoms with Gasteiger partial charge in [-0.15, -0.1) is 0 Å². The summed E-state index contributed by atoms with van der Waals surface area (Å²) in [7, 11) is 0. The molecule has 0 bridgehead atoms. The molecule has 0 spiro atoms. The zero-order chi connectivity index (χ0) is 27.6. The van der Waals surface area contributed by atoms with Crippen LogP contribution in [0.25, 0.3) is 11.1 Å². The lowest BCUT2D eigenvalue weighted by Gasteiger charge is -2.16. The number of nitrogens with one attached hydrogen (secondary N) is 1. The minimum Gasteiger partial charge on any atom is -0.478 e. The first kappa shape index (κ1) is 25.2. The lowest BCUT2D eigenvalue weighted by Crippen LogP contribution is -2.26. The van der Waals surface area contributed by atoms with E-state index < -0.39 is 18.2 Å². The fourth-order valence-corrected chi connectivity index (χ4v) is 5.49. The second-order valence-corrected chi connectivity index (χ2v) is 9.77. The van der Waals surface area contributed by atoms with Gasteiger partial charge in [0.05, 0.1) is 18.7 Å². The van der Waals surface area contributed by atoms with Gasteiger partial charge in [-0.05, 0) is 45.5 Å². The first-order valence-corrected chi connectivity index (χ1v) is 12.9. The highest BCUT2D eigenvalue weighted by molar-refractivity contribution is 5.93. The van der Waals surface area contributed by atoms with Crippen LogP contribution in [0.3, 0.4) is 0 Å². The quantitative estimate of drug-likeness (QED) is 0.297. The summed E-state index contributed by atoms with van der Waals surface area (Å²) >= 11 is 0. The highest BCUT2D eigenvalue weighted by atomic mass is 16.6. The third-order valence-corrected chi connectivity index (χ3v) is 7.40. The van der Waals surface area contributed by atoms with E-state index in [0.29, 0.717) is 16.8 Å². The molecule has 1 heterocycles. The van der Waals surface area contributed by atoms with Crippen LogP contribution in [-0.4, -0.2) is 34.8 Å². The monoisotopic (exact) mass is 534 g/mol. The Morgan fingerprint density at radius 3 is 2.08 bits per heavy atom. The zero-order valence-corrected chi connectivity index (χ0v) is 21.5. The second-order valence-electron chi connectivity index (χ2n) is 9.77. The maximum absolute atomic E-state index is 12.9. The Labute approximate surface area is 230 Å². The van der Waals surface area contributed by atoms with Crippen LogP contribution in [0.4, 0.5) is 15.3 Å². The molecule has 4 aromatic rings.